The Hall–Kier alpha value is -0.840. The van der Waals surface area contributed by atoms with Crippen LogP contribution in [0.15, 0.2) is 39.3 Å². The van der Waals surface area contributed by atoms with Crippen LogP contribution >= 0.6 is 31.9 Å². The predicted molar refractivity (Wildman–Crippen MR) is 90.9 cm³/mol. The van der Waals surface area contributed by atoms with Crippen molar-refractivity contribution < 1.29 is 9.84 Å². The molecule has 1 atom stereocenters. The maximum Gasteiger partial charge on any atom is 0.125 e. The van der Waals surface area contributed by atoms with Crippen LogP contribution in [-0.4, -0.2) is 11.7 Å². The predicted octanol–water partition coefficient (Wildman–Crippen LogP) is 4.73. The first-order chi connectivity index (χ1) is 10.1. The summed E-state index contributed by atoms with van der Waals surface area (Å²) in [7, 11) is 0. The summed E-state index contributed by atoms with van der Waals surface area (Å²) in [5, 5.41) is 10.6. The van der Waals surface area contributed by atoms with Crippen molar-refractivity contribution in [3.8, 4) is 5.75 Å². The molecule has 0 saturated carbocycles. The van der Waals surface area contributed by atoms with Gasteiger partial charge in [-0.2, -0.15) is 0 Å². The topological polar surface area (TPSA) is 29.5 Å². The van der Waals surface area contributed by atoms with Crippen molar-refractivity contribution in [3.63, 3.8) is 0 Å². The highest BCUT2D eigenvalue weighted by Gasteiger charge is 2.21. The van der Waals surface area contributed by atoms with Crippen molar-refractivity contribution in [2.24, 2.45) is 0 Å². The average molecular weight is 412 g/mol. The van der Waals surface area contributed by atoms with E-state index in [0.717, 1.165) is 44.4 Å². The monoisotopic (exact) mass is 410 g/mol. The molecule has 1 heterocycles. The second-order valence-electron chi connectivity index (χ2n) is 5.35. The molecule has 0 amide bonds. The van der Waals surface area contributed by atoms with Crippen LogP contribution < -0.4 is 4.74 Å². The first-order valence-corrected chi connectivity index (χ1v) is 8.52. The van der Waals surface area contributed by atoms with Crippen LogP contribution in [0.25, 0.3) is 0 Å². The van der Waals surface area contributed by atoms with Gasteiger partial charge in [0, 0.05) is 21.8 Å². The van der Waals surface area contributed by atoms with Crippen LogP contribution in [0.5, 0.6) is 5.75 Å². The standard InChI is InChI=1S/C17H16Br2O2/c1-10-3-2-4-14(16(10)19)15(20)9-12-8-13(18)7-11-5-6-21-17(11)12/h2-4,7-8,15,20H,5-6,9H2,1H3. The normalized spacial score (nSPS) is 14.7. The largest absolute Gasteiger partial charge is 0.493 e. The van der Waals surface area contributed by atoms with Gasteiger partial charge in [-0.3, -0.25) is 0 Å². The van der Waals surface area contributed by atoms with Crippen molar-refractivity contribution in [2.75, 3.05) is 6.61 Å². The van der Waals surface area contributed by atoms with Gasteiger partial charge in [-0.05, 0) is 41.3 Å². The first kappa shape index (κ1) is 15.1. The van der Waals surface area contributed by atoms with E-state index in [-0.39, 0.29) is 0 Å². The van der Waals surface area contributed by atoms with Crippen LogP contribution in [0.2, 0.25) is 0 Å². The van der Waals surface area contributed by atoms with Gasteiger partial charge >= 0.3 is 0 Å². The van der Waals surface area contributed by atoms with E-state index in [0.29, 0.717) is 6.42 Å². The highest BCUT2D eigenvalue weighted by molar-refractivity contribution is 9.10. The molecule has 0 bridgehead atoms. The fourth-order valence-electron chi connectivity index (χ4n) is 2.74. The summed E-state index contributed by atoms with van der Waals surface area (Å²) in [5.74, 6) is 0.945. The van der Waals surface area contributed by atoms with Gasteiger partial charge in [-0.25, -0.2) is 0 Å². The van der Waals surface area contributed by atoms with Crippen molar-refractivity contribution >= 4 is 31.9 Å². The van der Waals surface area contributed by atoms with Crippen LogP contribution in [0.3, 0.4) is 0 Å². The molecule has 0 aromatic heterocycles. The first-order valence-electron chi connectivity index (χ1n) is 6.93. The van der Waals surface area contributed by atoms with Crippen molar-refractivity contribution in [1.82, 2.24) is 0 Å². The van der Waals surface area contributed by atoms with Crippen LogP contribution in [0.1, 0.15) is 28.4 Å². The third-order valence-corrected chi connectivity index (χ3v) is 5.36. The molecule has 0 spiro atoms. The maximum atomic E-state index is 10.6. The van der Waals surface area contributed by atoms with E-state index < -0.39 is 6.10 Å². The molecule has 3 rings (SSSR count). The van der Waals surface area contributed by atoms with Crippen molar-refractivity contribution in [2.45, 2.75) is 25.9 Å². The number of halogens is 2. The van der Waals surface area contributed by atoms with Gasteiger partial charge in [0.05, 0.1) is 12.7 Å². The molecule has 21 heavy (non-hydrogen) atoms. The zero-order valence-corrected chi connectivity index (χ0v) is 14.9. The summed E-state index contributed by atoms with van der Waals surface area (Å²) in [6.07, 6.45) is 0.928. The number of hydrogen-bond acceptors (Lipinski definition) is 2. The molecule has 1 aliphatic heterocycles. The van der Waals surface area contributed by atoms with Crippen molar-refractivity contribution in [3.05, 3.63) is 61.5 Å². The minimum absolute atomic E-state index is 0.545. The summed E-state index contributed by atoms with van der Waals surface area (Å²) < 4.78 is 7.75. The Morgan fingerprint density at radius 2 is 2.10 bits per heavy atom. The summed E-state index contributed by atoms with van der Waals surface area (Å²) in [5.41, 5.74) is 4.32. The van der Waals surface area contributed by atoms with Gasteiger partial charge in [0.1, 0.15) is 5.75 Å². The Kier molecular flexibility index (Phi) is 4.38. The molecule has 4 heteroatoms. The fourth-order valence-corrected chi connectivity index (χ4v) is 3.82. The van der Waals surface area contributed by atoms with Gasteiger partial charge < -0.3 is 9.84 Å². The lowest BCUT2D eigenvalue weighted by Gasteiger charge is -2.16. The van der Waals surface area contributed by atoms with Gasteiger partial charge in [0.25, 0.3) is 0 Å². The SMILES string of the molecule is Cc1cccc(C(O)Cc2cc(Br)cc3c2OCC3)c1Br. The summed E-state index contributed by atoms with van der Waals surface area (Å²) in [6, 6.07) is 10.1. The van der Waals surface area contributed by atoms with Gasteiger partial charge in [0.15, 0.2) is 0 Å². The van der Waals surface area contributed by atoms with E-state index in [9.17, 15) is 5.11 Å². The van der Waals surface area contributed by atoms with E-state index in [1.54, 1.807) is 0 Å². The summed E-state index contributed by atoms with van der Waals surface area (Å²) in [6.45, 7) is 2.75. The Morgan fingerprint density at radius 1 is 1.29 bits per heavy atom. The summed E-state index contributed by atoms with van der Waals surface area (Å²) >= 11 is 7.11. The Labute approximate surface area is 141 Å². The highest BCUT2D eigenvalue weighted by Crippen LogP contribution is 2.36. The number of hydrogen-bond donors (Lipinski definition) is 1. The number of ether oxygens (including phenoxy) is 1. The molecule has 2 aromatic rings. The molecule has 0 radical (unpaired) electrons. The summed E-state index contributed by atoms with van der Waals surface area (Å²) in [4.78, 5) is 0. The number of benzene rings is 2. The smallest absolute Gasteiger partial charge is 0.125 e. The van der Waals surface area contributed by atoms with Crippen LogP contribution in [0.4, 0.5) is 0 Å². The van der Waals surface area contributed by atoms with E-state index in [4.69, 9.17) is 4.74 Å². The van der Waals surface area contributed by atoms with Crippen LogP contribution in [0, 0.1) is 6.92 Å². The maximum absolute atomic E-state index is 10.6. The van der Waals surface area contributed by atoms with E-state index in [2.05, 4.69) is 37.9 Å². The molecule has 1 N–H and O–H groups in total. The molecular formula is C17H16Br2O2. The highest BCUT2D eigenvalue weighted by atomic mass is 79.9. The molecule has 1 aliphatic rings. The van der Waals surface area contributed by atoms with E-state index >= 15 is 0 Å². The van der Waals surface area contributed by atoms with Gasteiger partial charge in [-0.15, -0.1) is 0 Å². The molecular weight excluding hydrogens is 396 g/mol. The zero-order chi connectivity index (χ0) is 15.0. The number of aliphatic hydroxyl groups excluding tert-OH is 1. The van der Waals surface area contributed by atoms with Gasteiger partial charge in [0.2, 0.25) is 0 Å². The Bertz CT molecular complexity index is 683. The van der Waals surface area contributed by atoms with Crippen molar-refractivity contribution in [1.29, 1.82) is 0 Å². The molecule has 110 valence electrons. The average Bonchev–Trinajstić information content (AvgIpc) is 2.90. The number of aryl methyl sites for hydroxylation is 1. The molecule has 0 saturated heterocycles. The van der Waals surface area contributed by atoms with Crippen LogP contribution in [-0.2, 0) is 12.8 Å². The molecule has 2 aromatic carbocycles. The number of fused-ring (bicyclic) bond motifs is 1. The minimum atomic E-state index is -0.554. The molecule has 1 unspecified atom stereocenters. The number of aliphatic hydroxyl groups is 1. The lowest BCUT2D eigenvalue weighted by atomic mass is 9.98. The third kappa shape index (κ3) is 3.03. The van der Waals surface area contributed by atoms with Gasteiger partial charge in [-0.1, -0.05) is 50.1 Å². The van der Waals surface area contributed by atoms with E-state index in [1.165, 1.54) is 5.56 Å². The lowest BCUT2D eigenvalue weighted by molar-refractivity contribution is 0.176. The Balaban J connectivity index is 1.92. The van der Waals surface area contributed by atoms with E-state index in [1.807, 2.05) is 31.2 Å². The second kappa shape index (κ2) is 6.11. The Morgan fingerprint density at radius 3 is 2.90 bits per heavy atom. The minimum Gasteiger partial charge on any atom is -0.493 e. The second-order valence-corrected chi connectivity index (χ2v) is 7.06. The molecule has 0 aliphatic carbocycles. The zero-order valence-electron chi connectivity index (χ0n) is 11.7. The lowest BCUT2D eigenvalue weighted by Crippen LogP contribution is -2.05. The molecule has 0 fully saturated rings. The molecule has 2 nitrogen and oxygen atoms in total. The third-order valence-electron chi connectivity index (χ3n) is 3.82. The quantitative estimate of drug-likeness (QED) is 0.790. The number of rotatable bonds is 3. The fraction of sp³-hybridized carbons (Fsp3) is 0.294.